The Kier molecular flexibility index (Phi) is 8.81. The predicted octanol–water partition coefficient (Wildman–Crippen LogP) is 8.36. The van der Waals surface area contributed by atoms with Crippen molar-refractivity contribution in [1.29, 1.82) is 0 Å². The molecule has 4 rings (SSSR count). The molecule has 230 valence electrons. The van der Waals surface area contributed by atoms with Crippen molar-refractivity contribution >= 4 is 5.97 Å². The van der Waals surface area contributed by atoms with Crippen LogP contribution >= 0.6 is 0 Å². The molecule has 4 aliphatic rings. The highest BCUT2D eigenvalue weighted by Crippen LogP contribution is 2.73. The maximum atomic E-state index is 12.9. The molecular weight excluding hydrogens is 496 g/mol. The van der Waals surface area contributed by atoms with Gasteiger partial charge in [0.1, 0.15) is 0 Å². The molecule has 0 aromatic heterocycles. The first-order valence-corrected chi connectivity index (χ1v) is 16.7. The minimum Gasteiger partial charge on any atom is -0.481 e. The highest BCUT2D eigenvalue weighted by molar-refractivity contribution is 5.71. The fourth-order valence-electron chi connectivity index (χ4n) is 11.5. The molecule has 3 N–H and O–H groups in total. The van der Waals surface area contributed by atoms with Gasteiger partial charge in [-0.25, -0.2) is 0 Å². The Morgan fingerprint density at radius 1 is 0.975 bits per heavy atom. The van der Waals surface area contributed by atoms with Crippen LogP contribution in [0.25, 0.3) is 0 Å². The van der Waals surface area contributed by atoms with Gasteiger partial charge in [-0.2, -0.15) is 0 Å². The summed E-state index contributed by atoms with van der Waals surface area (Å²) in [5.41, 5.74) is 0.774. The molecule has 0 amide bonds. The average molecular weight is 559 g/mol. The summed E-state index contributed by atoms with van der Waals surface area (Å²) in [5.74, 6) is 1.31. The van der Waals surface area contributed by atoms with Gasteiger partial charge in [-0.05, 0) is 115 Å². The lowest BCUT2D eigenvalue weighted by Gasteiger charge is -2.58. The first-order chi connectivity index (χ1) is 18.4. The third kappa shape index (κ3) is 4.93. The minimum atomic E-state index is -0.746. The summed E-state index contributed by atoms with van der Waals surface area (Å²) < 4.78 is 0. The van der Waals surface area contributed by atoms with Crippen molar-refractivity contribution in [3.8, 4) is 0 Å². The second-order valence-corrected chi connectivity index (χ2v) is 16.9. The average Bonchev–Trinajstić information content (AvgIpc) is 2.93. The van der Waals surface area contributed by atoms with Gasteiger partial charge in [-0.3, -0.25) is 4.79 Å². The normalized spacial score (nSPS) is 47.4. The van der Waals surface area contributed by atoms with E-state index in [-0.39, 0.29) is 33.7 Å². The maximum Gasteiger partial charge on any atom is 0.306 e. The molecule has 4 aliphatic carbocycles. The largest absolute Gasteiger partial charge is 0.481 e. The highest BCUT2D eigenvalue weighted by atomic mass is 16.4. The lowest BCUT2D eigenvalue weighted by molar-refractivity contribution is -0.150. The van der Waals surface area contributed by atoms with E-state index in [4.69, 9.17) is 0 Å². The van der Waals surface area contributed by atoms with Crippen molar-refractivity contribution in [2.24, 2.45) is 69.0 Å². The number of carboxylic acids is 1. The van der Waals surface area contributed by atoms with E-state index < -0.39 is 18.0 Å². The molecule has 0 saturated heterocycles. The number of hydrogen-bond acceptors (Lipinski definition) is 3. The van der Waals surface area contributed by atoms with E-state index in [9.17, 15) is 20.1 Å². The Labute approximate surface area is 245 Å². The number of hydrogen-bond donors (Lipinski definition) is 3. The van der Waals surface area contributed by atoms with Gasteiger partial charge >= 0.3 is 5.97 Å². The van der Waals surface area contributed by atoms with E-state index in [1.807, 2.05) is 0 Å². The van der Waals surface area contributed by atoms with Crippen molar-refractivity contribution in [2.75, 3.05) is 0 Å². The molecule has 4 saturated carbocycles. The van der Waals surface area contributed by atoms with Crippen LogP contribution in [0, 0.1) is 69.0 Å². The van der Waals surface area contributed by atoms with Crippen molar-refractivity contribution in [2.45, 2.75) is 139 Å². The van der Waals surface area contributed by atoms with Crippen LogP contribution in [0.4, 0.5) is 0 Å². The van der Waals surface area contributed by atoms with E-state index >= 15 is 0 Å². The molecule has 0 spiro atoms. The molecule has 0 heterocycles. The van der Waals surface area contributed by atoms with E-state index in [2.05, 4.69) is 68.9 Å². The summed E-state index contributed by atoms with van der Waals surface area (Å²) in [4.78, 5) is 12.9. The fraction of sp³-hybridized carbons (Fsp3) is 0.917. The molecule has 12 unspecified atom stereocenters. The quantitative estimate of drug-likeness (QED) is 0.274. The van der Waals surface area contributed by atoms with Crippen molar-refractivity contribution in [1.82, 2.24) is 0 Å². The lowest BCUT2D eigenvalue weighted by Crippen LogP contribution is -2.54. The zero-order valence-corrected chi connectivity index (χ0v) is 27.3. The standard InChI is InChI=1S/C36H62O4/c1-11-24-18-26-27(16-22(4)17-29-33(6,7)30(38)14-15-34(26,29)8)35(9)20-28(37)31(36(35,10)19-24)25(32(39)40)13-12-23(5)21(2)3/h21-22,24-31,37-38H,5,11-20H2,1-4,6-10H3,(H,39,40). The van der Waals surface area contributed by atoms with E-state index in [1.165, 1.54) is 6.42 Å². The van der Waals surface area contributed by atoms with E-state index in [1.54, 1.807) is 0 Å². The molecule has 0 aromatic carbocycles. The summed E-state index contributed by atoms with van der Waals surface area (Å²) in [7, 11) is 0. The second kappa shape index (κ2) is 11.0. The van der Waals surface area contributed by atoms with Crippen LogP contribution in [-0.4, -0.2) is 33.5 Å². The van der Waals surface area contributed by atoms with Gasteiger partial charge in [-0.15, -0.1) is 0 Å². The van der Waals surface area contributed by atoms with Gasteiger partial charge < -0.3 is 15.3 Å². The maximum absolute atomic E-state index is 12.9. The molecule has 4 nitrogen and oxygen atoms in total. The molecule has 4 heteroatoms. The van der Waals surface area contributed by atoms with Gasteiger partial charge in [0.15, 0.2) is 0 Å². The summed E-state index contributed by atoms with van der Waals surface area (Å²) >= 11 is 0. The molecular formula is C36H62O4. The zero-order chi connectivity index (χ0) is 30.0. The first kappa shape index (κ1) is 32.1. The summed E-state index contributed by atoms with van der Waals surface area (Å²) in [6.45, 7) is 25.3. The van der Waals surface area contributed by atoms with Crippen LogP contribution in [0.3, 0.4) is 0 Å². The van der Waals surface area contributed by atoms with Crippen molar-refractivity contribution < 1.29 is 20.1 Å². The molecule has 0 bridgehead atoms. The van der Waals surface area contributed by atoms with Gasteiger partial charge in [0.05, 0.1) is 18.1 Å². The first-order valence-electron chi connectivity index (χ1n) is 16.7. The van der Waals surface area contributed by atoms with Gasteiger partial charge in [0.2, 0.25) is 0 Å². The molecule has 12 atom stereocenters. The Bertz CT molecular complexity index is 954. The number of aliphatic hydroxyl groups excluding tert-OH is 2. The third-order valence-electron chi connectivity index (χ3n) is 14.3. The number of rotatable bonds is 7. The van der Waals surface area contributed by atoms with Crippen LogP contribution < -0.4 is 0 Å². The number of aliphatic hydroxyl groups is 2. The molecule has 0 aromatic rings. The Morgan fingerprint density at radius 2 is 1.62 bits per heavy atom. The number of aliphatic carboxylic acids is 1. The summed E-state index contributed by atoms with van der Waals surface area (Å²) in [6.07, 6.45) is 8.67. The Hall–Kier alpha value is -0.870. The van der Waals surface area contributed by atoms with Gasteiger partial charge in [0.25, 0.3) is 0 Å². The highest BCUT2D eigenvalue weighted by Gasteiger charge is 2.69. The van der Waals surface area contributed by atoms with Crippen LogP contribution in [0.1, 0.15) is 127 Å². The fourth-order valence-corrected chi connectivity index (χ4v) is 11.5. The monoisotopic (exact) mass is 558 g/mol. The van der Waals surface area contributed by atoms with Crippen LogP contribution in [0.5, 0.6) is 0 Å². The van der Waals surface area contributed by atoms with E-state index in [0.717, 1.165) is 44.1 Å². The second-order valence-electron chi connectivity index (χ2n) is 16.9. The van der Waals surface area contributed by atoms with Gasteiger partial charge in [0, 0.05) is 5.92 Å². The zero-order valence-electron chi connectivity index (χ0n) is 27.3. The van der Waals surface area contributed by atoms with Crippen molar-refractivity contribution in [3.63, 3.8) is 0 Å². The van der Waals surface area contributed by atoms with Crippen molar-refractivity contribution in [3.05, 3.63) is 12.2 Å². The van der Waals surface area contributed by atoms with Crippen LogP contribution in [-0.2, 0) is 4.79 Å². The minimum absolute atomic E-state index is 0.112. The smallest absolute Gasteiger partial charge is 0.306 e. The van der Waals surface area contributed by atoms with E-state index in [0.29, 0.717) is 54.8 Å². The summed E-state index contributed by atoms with van der Waals surface area (Å²) in [6, 6.07) is 0. The molecule has 0 aliphatic heterocycles. The number of allylic oxidation sites excluding steroid dienone is 1. The molecule has 4 fully saturated rings. The molecule has 0 radical (unpaired) electrons. The Balaban J connectivity index is 1.82. The third-order valence-corrected chi connectivity index (χ3v) is 14.3. The number of carbonyl (C=O) groups is 1. The lowest BCUT2D eigenvalue weighted by atomic mass is 9.47. The topological polar surface area (TPSA) is 77.8 Å². The predicted molar refractivity (Wildman–Crippen MR) is 164 cm³/mol. The Morgan fingerprint density at radius 3 is 2.20 bits per heavy atom. The van der Waals surface area contributed by atoms with Crippen LogP contribution in [0.2, 0.25) is 0 Å². The number of carboxylic acid groups (broad SMARTS) is 1. The van der Waals surface area contributed by atoms with Crippen LogP contribution in [0.15, 0.2) is 12.2 Å². The summed E-state index contributed by atoms with van der Waals surface area (Å²) in [5, 5.41) is 33.7. The SMILES string of the molecule is C=C(CCC(C(=O)O)C1C(O)CC2(C)C3CC(C)CC4C(C)(C)C(O)CCC4(C)C3CC(CC)CC12C)C(C)C. The molecule has 40 heavy (non-hydrogen) atoms. The number of fused-ring (bicyclic) bond motifs is 5. The van der Waals surface area contributed by atoms with Gasteiger partial charge in [-0.1, -0.05) is 80.9 Å².